The van der Waals surface area contributed by atoms with Crippen LogP contribution in [0.3, 0.4) is 0 Å². The summed E-state index contributed by atoms with van der Waals surface area (Å²) in [4.78, 5) is 0. The van der Waals surface area contributed by atoms with E-state index >= 15 is 0 Å². The number of aliphatic hydroxyl groups is 2. The quantitative estimate of drug-likeness (QED) is 0.622. The third kappa shape index (κ3) is 5.69. The monoisotopic (exact) mass is 254 g/mol. The normalized spacial score (nSPS) is 18.1. The Kier molecular flexibility index (Phi) is 7.78. The van der Waals surface area contributed by atoms with Crippen LogP contribution in [-0.4, -0.2) is 29.5 Å². The molecule has 0 spiro atoms. The molecule has 2 N–H and O–H groups in total. The average Bonchev–Trinajstić information content (AvgIpc) is 2.43. The van der Waals surface area contributed by atoms with Crippen LogP contribution in [0.2, 0.25) is 0 Å². The van der Waals surface area contributed by atoms with Crippen molar-refractivity contribution < 1.29 is 14.9 Å². The molecule has 1 aliphatic rings. The Labute approximate surface area is 110 Å². The molecule has 2 unspecified atom stereocenters. The standard InChI is InChI=1S/C15H26O3/c1-2-3-4-6-13(11-16)8-9-15(17)14-7-5-10-18-12-14/h5,7,10,13,15-17H,2-4,6,8-9,11-12H2,1H3. The number of hydrogen-bond acceptors (Lipinski definition) is 3. The van der Waals surface area contributed by atoms with Crippen LogP contribution in [0.15, 0.2) is 24.0 Å². The number of hydrogen-bond donors (Lipinski definition) is 2. The second-order valence-electron chi connectivity index (χ2n) is 5.02. The van der Waals surface area contributed by atoms with Gasteiger partial charge in [0.2, 0.25) is 0 Å². The molecular weight excluding hydrogens is 228 g/mol. The van der Waals surface area contributed by atoms with E-state index in [2.05, 4.69) is 6.92 Å². The van der Waals surface area contributed by atoms with Crippen molar-refractivity contribution in [2.24, 2.45) is 5.92 Å². The van der Waals surface area contributed by atoms with Gasteiger partial charge in [-0.25, -0.2) is 0 Å². The van der Waals surface area contributed by atoms with Crippen LogP contribution < -0.4 is 0 Å². The summed E-state index contributed by atoms with van der Waals surface area (Å²) in [6.45, 7) is 2.89. The molecule has 104 valence electrons. The zero-order valence-corrected chi connectivity index (χ0v) is 11.3. The van der Waals surface area contributed by atoms with E-state index in [9.17, 15) is 10.2 Å². The first-order valence-corrected chi connectivity index (χ1v) is 7.04. The Bertz CT molecular complexity index is 271. The molecule has 0 fully saturated rings. The SMILES string of the molecule is CCCCCC(CO)CCC(O)C1=CC=COC1. The Morgan fingerprint density at radius 2 is 2.11 bits per heavy atom. The highest BCUT2D eigenvalue weighted by Crippen LogP contribution is 2.19. The van der Waals surface area contributed by atoms with E-state index < -0.39 is 6.10 Å². The lowest BCUT2D eigenvalue weighted by Gasteiger charge is -2.19. The lowest BCUT2D eigenvalue weighted by Crippen LogP contribution is -2.18. The summed E-state index contributed by atoms with van der Waals surface area (Å²) in [5.74, 6) is 0.326. The first-order valence-electron chi connectivity index (χ1n) is 7.04. The summed E-state index contributed by atoms with van der Waals surface area (Å²) in [7, 11) is 0. The van der Waals surface area contributed by atoms with Crippen molar-refractivity contribution in [3.8, 4) is 0 Å². The highest BCUT2D eigenvalue weighted by atomic mass is 16.5. The molecule has 3 nitrogen and oxygen atoms in total. The fourth-order valence-electron chi connectivity index (χ4n) is 2.21. The summed E-state index contributed by atoms with van der Waals surface area (Å²) in [6.07, 6.45) is 11.2. The zero-order chi connectivity index (χ0) is 13.2. The van der Waals surface area contributed by atoms with Crippen LogP contribution in [0.25, 0.3) is 0 Å². The molecule has 0 saturated heterocycles. The van der Waals surface area contributed by atoms with Gasteiger partial charge in [-0.1, -0.05) is 32.3 Å². The number of aliphatic hydroxyl groups excluding tert-OH is 2. The predicted octanol–water partition coefficient (Wildman–Crippen LogP) is 2.79. The maximum absolute atomic E-state index is 10.0. The Hall–Kier alpha value is -0.800. The van der Waals surface area contributed by atoms with Gasteiger partial charge in [0.05, 0.1) is 12.4 Å². The molecule has 0 bridgehead atoms. The van der Waals surface area contributed by atoms with Gasteiger partial charge in [-0.2, -0.15) is 0 Å². The Balaban J connectivity index is 2.24. The molecule has 0 aromatic rings. The smallest absolute Gasteiger partial charge is 0.111 e. The van der Waals surface area contributed by atoms with Gasteiger partial charge in [-0.15, -0.1) is 0 Å². The van der Waals surface area contributed by atoms with E-state index in [4.69, 9.17) is 4.74 Å². The molecule has 0 aliphatic carbocycles. The van der Waals surface area contributed by atoms with Crippen molar-refractivity contribution >= 4 is 0 Å². The lowest BCUT2D eigenvalue weighted by molar-refractivity contribution is 0.145. The molecule has 0 aromatic heterocycles. The van der Waals surface area contributed by atoms with Gasteiger partial charge in [0.15, 0.2) is 0 Å². The molecule has 0 amide bonds. The molecule has 0 aromatic carbocycles. The fraction of sp³-hybridized carbons (Fsp3) is 0.733. The molecule has 1 aliphatic heterocycles. The highest BCUT2D eigenvalue weighted by molar-refractivity contribution is 5.18. The summed E-state index contributed by atoms with van der Waals surface area (Å²) in [5.41, 5.74) is 0.933. The van der Waals surface area contributed by atoms with Crippen LogP contribution in [0, 0.1) is 5.92 Å². The first kappa shape index (κ1) is 15.3. The highest BCUT2D eigenvalue weighted by Gasteiger charge is 2.15. The van der Waals surface area contributed by atoms with Gasteiger partial charge in [0.1, 0.15) is 6.61 Å². The fourth-order valence-corrected chi connectivity index (χ4v) is 2.21. The van der Waals surface area contributed by atoms with E-state index in [1.807, 2.05) is 12.2 Å². The molecule has 0 saturated carbocycles. The molecule has 18 heavy (non-hydrogen) atoms. The van der Waals surface area contributed by atoms with Crippen molar-refractivity contribution in [3.63, 3.8) is 0 Å². The Morgan fingerprint density at radius 1 is 1.28 bits per heavy atom. The number of unbranched alkanes of at least 4 members (excludes halogenated alkanes) is 2. The van der Waals surface area contributed by atoms with E-state index in [0.29, 0.717) is 18.9 Å². The maximum atomic E-state index is 10.0. The zero-order valence-electron chi connectivity index (χ0n) is 11.3. The van der Waals surface area contributed by atoms with Gasteiger partial charge in [-0.05, 0) is 36.8 Å². The predicted molar refractivity (Wildman–Crippen MR) is 73.1 cm³/mol. The maximum Gasteiger partial charge on any atom is 0.111 e. The summed E-state index contributed by atoms with van der Waals surface area (Å²) in [6, 6.07) is 0. The van der Waals surface area contributed by atoms with Crippen LogP contribution >= 0.6 is 0 Å². The van der Waals surface area contributed by atoms with E-state index in [-0.39, 0.29) is 6.61 Å². The number of ether oxygens (including phenoxy) is 1. The molecule has 0 radical (unpaired) electrons. The van der Waals surface area contributed by atoms with Crippen molar-refractivity contribution in [2.75, 3.05) is 13.2 Å². The summed E-state index contributed by atoms with van der Waals surface area (Å²) in [5, 5.41) is 19.3. The minimum Gasteiger partial charge on any atom is -0.497 e. The lowest BCUT2D eigenvalue weighted by atomic mass is 9.93. The van der Waals surface area contributed by atoms with Crippen LogP contribution in [0.4, 0.5) is 0 Å². The van der Waals surface area contributed by atoms with E-state index in [1.54, 1.807) is 6.26 Å². The van der Waals surface area contributed by atoms with Crippen LogP contribution in [0.1, 0.15) is 45.4 Å². The summed E-state index contributed by atoms with van der Waals surface area (Å²) >= 11 is 0. The number of allylic oxidation sites excluding steroid dienone is 2. The van der Waals surface area contributed by atoms with Gasteiger partial charge < -0.3 is 14.9 Å². The van der Waals surface area contributed by atoms with Crippen LogP contribution in [0.5, 0.6) is 0 Å². The topological polar surface area (TPSA) is 49.7 Å². The first-order chi connectivity index (χ1) is 8.77. The Morgan fingerprint density at radius 3 is 2.72 bits per heavy atom. The largest absolute Gasteiger partial charge is 0.497 e. The van der Waals surface area contributed by atoms with Gasteiger partial charge in [0.25, 0.3) is 0 Å². The van der Waals surface area contributed by atoms with Gasteiger partial charge in [0, 0.05) is 6.61 Å². The van der Waals surface area contributed by atoms with E-state index in [1.165, 1.54) is 19.3 Å². The van der Waals surface area contributed by atoms with E-state index in [0.717, 1.165) is 18.4 Å². The van der Waals surface area contributed by atoms with Gasteiger partial charge >= 0.3 is 0 Å². The molecule has 2 atom stereocenters. The molecule has 1 heterocycles. The third-order valence-corrected chi connectivity index (χ3v) is 3.49. The van der Waals surface area contributed by atoms with Gasteiger partial charge in [-0.3, -0.25) is 0 Å². The van der Waals surface area contributed by atoms with Crippen molar-refractivity contribution in [2.45, 2.75) is 51.6 Å². The summed E-state index contributed by atoms with van der Waals surface area (Å²) < 4.78 is 5.16. The minimum atomic E-state index is -0.435. The minimum absolute atomic E-state index is 0.228. The molecule has 1 rings (SSSR count). The molecular formula is C15H26O3. The third-order valence-electron chi connectivity index (χ3n) is 3.49. The average molecular weight is 254 g/mol. The van der Waals surface area contributed by atoms with Crippen molar-refractivity contribution in [1.82, 2.24) is 0 Å². The second-order valence-corrected chi connectivity index (χ2v) is 5.02. The second kappa shape index (κ2) is 9.17. The molecule has 3 heteroatoms. The van der Waals surface area contributed by atoms with Crippen LogP contribution in [-0.2, 0) is 4.74 Å². The number of rotatable bonds is 9. The van der Waals surface area contributed by atoms with Crippen molar-refractivity contribution in [1.29, 1.82) is 0 Å². The van der Waals surface area contributed by atoms with Crippen molar-refractivity contribution in [3.05, 3.63) is 24.0 Å².